The van der Waals surface area contributed by atoms with E-state index in [9.17, 15) is 19.2 Å². The molecule has 194 valence electrons. The van der Waals surface area contributed by atoms with Gasteiger partial charge < -0.3 is 9.72 Å². The number of halogens is 1. The van der Waals surface area contributed by atoms with Crippen molar-refractivity contribution in [2.45, 2.75) is 29.5 Å². The molecule has 10 heteroatoms. The Hall–Kier alpha value is -2.88. The molecule has 2 saturated carbocycles. The molecular weight excluding hydrogens is 544 g/mol. The number of imide groups is 1. The van der Waals surface area contributed by atoms with Gasteiger partial charge in [0.2, 0.25) is 11.8 Å². The van der Waals surface area contributed by atoms with E-state index in [0.29, 0.717) is 16.3 Å². The summed E-state index contributed by atoms with van der Waals surface area (Å²) in [4.78, 5) is 57.3. The van der Waals surface area contributed by atoms with Crippen LogP contribution >= 0.6 is 34.7 Å². The number of nitrogens with zero attached hydrogens (tertiary/aromatic N) is 1. The fraction of sp³-hybridized carbons (Fsp3) is 0.357. The first-order valence-corrected chi connectivity index (χ1v) is 14.7. The molecule has 2 amide bonds. The second-order valence-electron chi connectivity index (χ2n) is 10.3. The van der Waals surface area contributed by atoms with E-state index < -0.39 is 5.97 Å². The zero-order valence-electron chi connectivity index (χ0n) is 20.3. The molecule has 38 heavy (non-hydrogen) atoms. The van der Waals surface area contributed by atoms with E-state index in [-0.39, 0.29) is 64.1 Å². The first kappa shape index (κ1) is 24.2. The summed E-state index contributed by atoms with van der Waals surface area (Å²) in [5, 5.41) is 1.66. The van der Waals surface area contributed by atoms with Crippen LogP contribution in [0.4, 0.5) is 5.69 Å². The number of amides is 2. The van der Waals surface area contributed by atoms with Gasteiger partial charge in [-0.15, -0.1) is 11.8 Å². The molecule has 2 aliphatic heterocycles. The number of esters is 1. The van der Waals surface area contributed by atoms with Crippen molar-refractivity contribution in [2.75, 3.05) is 11.5 Å². The van der Waals surface area contributed by atoms with Crippen LogP contribution in [0, 0.1) is 29.6 Å². The van der Waals surface area contributed by atoms with E-state index in [1.54, 1.807) is 43.0 Å². The van der Waals surface area contributed by atoms with Crippen molar-refractivity contribution in [3.63, 3.8) is 0 Å². The number of rotatable bonds is 4. The lowest BCUT2D eigenvalue weighted by Crippen LogP contribution is -2.42. The highest BCUT2D eigenvalue weighted by atomic mass is 35.5. The van der Waals surface area contributed by atoms with Crippen molar-refractivity contribution in [2.24, 2.45) is 29.6 Å². The number of thioether (sulfide) groups is 1. The number of benzene rings is 2. The SMILES string of the molecule is CCOC(=O)c1ccc(N2C(=O)[C@@H]3[C@H]4C[C@@H]([C@@H]5Sc6[nH]c(=O)sc6[C@@H](c6ccc(Cl)cc6)[C@H]45)[C@H]3C2=O)cc1. The molecule has 7 nitrogen and oxygen atoms in total. The molecule has 2 aliphatic carbocycles. The van der Waals surface area contributed by atoms with Gasteiger partial charge in [0.1, 0.15) is 0 Å². The van der Waals surface area contributed by atoms with Crippen LogP contribution in [0.15, 0.2) is 58.4 Å². The molecule has 3 aromatic rings. The molecule has 2 aromatic carbocycles. The number of ether oxygens (including phenoxy) is 1. The van der Waals surface area contributed by atoms with Gasteiger partial charge in [0.25, 0.3) is 0 Å². The summed E-state index contributed by atoms with van der Waals surface area (Å²) < 4.78 is 5.05. The third-order valence-electron chi connectivity index (χ3n) is 8.59. The Morgan fingerprint density at radius 1 is 1.03 bits per heavy atom. The van der Waals surface area contributed by atoms with Crippen molar-refractivity contribution in [3.05, 3.63) is 79.2 Å². The van der Waals surface area contributed by atoms with E-state index in [1.807, 2.05) is 24.3 Å². The summed E-state index contributed by atoms with van der Waals surface area (Å²) in [5.74, 6) is -1.34. The van der Waals surface area contributed by atoms with Crippen LogP contribution in [0.5, 0.6) is 0 Å². The Labute approximate surface area is 231 Å². The zero-order chi connectivity index (χ0) is 26.3. The van der Waals surface area contributed by atoms with Crippen LogP contribution in [-0.2, 0) is 14.3 Å². The summed E-state index contributed by atoms with van der Waals surface area (Å²) in [7, 11) is 0. The lowest BCUT2D eigenvalue weighted by Gasteiger charge is -2.43. The number of fused-ring (bicyclic) bond motifs is 9. The molecule has 7 rings (SSSR count). The minimum atomic E-state index is -0.437. The molecule has 7 atom stereocenters. The minimum absolute atomic E-state index is 0.0331. The predicted molar refractivity (Wildman–Crippen MR) is 145 cm³/mol. The van der Waals surface area contributed by atoms with Gasteiger partial charge in [0.15, 0.2) is 0 Å². The first-order chi connectivity index (χ1) is 18.4. The quantitative estimate of drug-likeness (QED) is 0.355. The Balaban J connectivity index is 1.25. The van der Waals surface area contributed by atoms with Crippen LogP contribution < -0.4 is 9.77 Å². The molecule has 4 aliphatic rings. The lowest BCUT2D eigenvalue weighted by molar-refractivity contribution is -0.123. The zero-order valence-corrected chi connectivity index (χ0v) is 22.6. The van der Waals surface area contributed by atoms with Crippen LogP contribution in [0.3, 0.4) is 0 Å². The summed E-state index contributed by atoms with van der Waals surface area (Å²) in [6.45, 7) is 2.01. The molecule has 0 spiro atoms. The van der Waals surface area contributed by atoms with Gasteiger partial charge in [0.05, 0.1) is 34.7 Å². The summed E-state index contributed by atoms with van der Waals surface area (Å²) in [6, 6.07) is 14.2. The third kappa shape index (κ3) is 3.41. The number of aromatic nitrogens is 1. The van der Waals surface area contributed by atoms with Crippen molar-refractivity contribution in [1.82, 2.24) is 4.98 Å². The number of anilines is 1. The molecule has 1 saturated heterocycles. The molecule has 3 fully saturated rings. The van der Waals surface area contributed by atoms with Gasteiger partial charge >= 0.3 is 10.8 Å². The minimum Gasteiger partial charge on any atom is -0.462 e. The van der Waals surface area contributed by atoms with Gasteiger partial charge in [-0.2, -0.15) is 0 Å². The number of thiazole rings is 1. The Morgan fingerprint density at radius 3 is 2.39 bits per heavy atom. The van der Waals surface area contributed by atoms with Crippen LogP contribution in [0.1, 0.15) is 40.1 Å². The highest BCUT2D eigenvalue weighted by Gasteiger charge is 2.69. The standard InChI is InChI=1S/C28H23ClN2O5S2/c1-2-36-27(34)13-5-9-15(10-6-13)31-25(32)20-16-11-17(21(20)26(31)33)22-19(16)18(12-3-7-14(29)8-4-12)23-24(37-22)30-28(35)38-23/h3-10,16-22H,2,11H2,1H3,(H,30,35)/t16-,17+,18-,19-,20+,21+,22-/m0/s1. The first-order valence-electron chi connectivity index (χ1n) is 12.7. The second kappa shape index (κ2) is 8.83. The predicted octanol–water partition coefficient (Wildman–Crippen LogP) is 4.94. The van der Waals surface area contributed by atoms with Crippen LogP contribution in [0.25, 0.3) is 0 Å². The number of hydrogen-bond donors (Lipinski definition) is 1. The lowest BCUT2D eigenvalue weighted by atomic mass is 9.68. The fourth-order valence-electron chi connectivity index (χ4n) is 7.28. The smallest absolute Gasteiger partial charge is 0.338 e. The molecule has 1 N–H and O–H groups in total. The summed E-state index contributed by atoms with van der Waals surface area (Å²) in [6.07, 6.45) is 0.827. The second-order valence-corrected chi connectivity index (χ2v) is 12.9. The average Bonchev–Trinajstić information content (AvgIpc) is 3.64. The fourth-order valence-corrected chi connectivity index (χ4v) is 10.3. The van der Waals surface area contributed by atoms with Crippen molar-refractivity contribution >= 4 is 58.2 Å². The van der Waals surface area contributed by atoms with Gasteiger partial charge in [-0.25, -0.2) is 4.79 Å². The number of carbonyl (C=O) groups excluding carboxylic acids is 3. The number of aromatic amines is 1. The van der Waals surface area contributed by atoms with E-state index >= 15 is 0 Å². The average molecular weight is 567 g/mol. The van der Waals surface area contributed by atoms with Crippen LogP contribution in [-0.4, -0.2) is 34.6 Å². The molecule has 0 radical (unpaired) electrons. The Kier molecular flexibility index (Phi) is 5.62. The molecule has 1 aromatic heterocycles. The van der Waals surface area contributed by atoms with E-state index in [2.05, 4.69) is 4.98 Å². The highest BCUT2D eigenvalue weighted by Crippen LogP contribution is 2.68. The largest absolute Gasteiger partial charge is 0.462 e. The Bertz CT molecular complexity index is 1530. The van der Waals surface area contributed by atoms with Crippen molar-refractivity contribution < 1.29 is 19.1 Å². The number of nitrogens with one attached hydrogen (secondary N) is 1. The molecular formula is C28H23ClN2O5S2. The van der Waals surface area contributed by atoms with E-state index in [0.717, 1.165) is 21.9 Å². The third-order valence-corrected chi connectivity index (χ3v) is 11.4. The Morgan fingerprint density at radius 2 is 1.71 bits per heavy atom. The van der Waals surface area contributed by atoms with Crippen LogP contribution in [0.2, 0.25) is 5.02 Å². The number of H-pyrrole nitrogens is 1. The molecule has 3 heterocycles. The number of hydrogen-bond acceptors (Lipinski definition) is 7. The number of carbonyl (C=O) groups is 3. The van der Waals surface area contributed by atoms with Gasteiger partial charge in [-0.1, -0.05) is 35.1 Å². The highest BCUT2D eigenvalue weighted by molar-refractivity contribution is 8.00. The van der Waals surface area contributed by atoms with Gasteiger partial charge in [0, 0.05) is 21.1 Å². The maximum atomic E-state index is 13.9. The summed E-state index contributed by atoms with van der Waals surface area (Å²) >= 11 is 9.09. The van der Waals surface area contributed by atoms with Crippen molar-refractivity contribution in [3.8, 4) is 0 Å². The van der Waals surface area contributed by atoms with E-state index in [1.165, 1.54) is 16.2 Å². The van der Waals surface area contributed by atoms with Gasteiger partial charge in [-0.05, 0) is 73.1 Å². The monoisotopic (exact) mass is 566 g/mol. The van der Waals surface area contributed by atoms with Gasteiger partial charge in [-0.3, -0.25) is 19.3 Å². The summed E-state index contributed by atoms with van der Waals surface area (Å²) in [5.41, 5.74) is 1.94. The topological polar surface area (TPSA) is 96.5 Å². The normalized spacial score (nSPS) is 30.8. The molecule has 2 bridgehead atoms. The molecule has 0 unspecified atom stereocenters. The van der Waals surface area contributed by atoms with E-state index in [4.69, 9.17) is 16.3 Å². The maximum Gasteiger partial charge on any atom is 0.338 e. The van der Waals surface area contributed by atoms with Crippen molar-refractivity contribution in [1.29, 1.82) is 0 Å². The maximum absolute atomic E-state index is 13.9.